The maximum atomic E-state index is 5.79. The molecule has 0 saturated heterocycles. The van der Waals surface area contributed by atoms with Crippen molar-refractivity contribution in [3.8, 4) is 11.5 Å². The van der Waals surface area contributed by atoms with E-state index in [9.17, 15) is 0 Å². The Kier molecular flexibility index (Phi) is 5.39. The lowest BCUT2D eigenvalue weighted by Gasteiger charge is -2.25. The summed E-state index contributed by atoms with van der Waals surface area (Å²) in [6, 6.07) is 17.8. The summed E-state index contributed by atoms with van der Waals surface area (Å²) in [6.45, 7) is 10.6. The lowest BCUT2D eigenvalue weighted by Crippen LogP contribution is -2.33. The summed E-state index contributed by atoms with van der Waals surface area (Å²) < 4.78 is 5.79. The fourth-order valence-corrected chi connectivity index (χ4v) is 2.01. The van der Waals surface area contributed by atoms with E-state index in [-0.39, 0.29) is 0 Å². The molecule has 0 heterocycles. The molecule has 3 heteroatoms. The highest BCUT2D eigenvalue weighted by Gasteiger charge is 2.07. The van der Waals surface area contributed by atoms with Gasteiger partial charge < -0.3 is 9.75 Å². The van der Waals surface area contributed by atoms with Gasteiger partial charge in [0, 0.05) is 12.7 Å². The monoisotopic (exact) mass is 294 g/mol. The van der Waals surface area contributed by atoms with Gasteiger partial charge >= 0.3 is 0 Å². The number of rotatable bonds is 7. The van der Waals surface area contributed by atoms with Crippen LogP contribution in [0.4, 0.5) is 0 Å². The van der Waals surface area contributed by atoms with Crippen molar-refractivity contribution in [2.75, 3.05) is 7.05 Å². The van der Waals surface area contributed by atoms with E-state index in [1.165, 1.54) is 0 Å². The fraction of sp³-hybridized carbons (Fsp3) is 0.158. The largest absolute Gasteiger partial charge is 0.457 e. The Morgan fingerprint density at radius 1 is 1.00 bits per heavy atom. The Bertz CT molecular complexity index is 632. The first kappa shape index (κ1) is 15.9. The average molecular weight is 294 g/mol. The van der Waals surface area contributed by atoms with Crippen molar-refractivity contribution in [3.63, 3.8) is 0 Å². The summed E-state index contributed by atoms with van der Waals surface area (Å²) in [5.41, 5.74) is 6.12. The molecule has 0 amide bonds. The Morgan fingerprint density at radius 2 is 1.59 bits per heavy atom. The number of allylic oxidation sites excluding steroid dienone is 1. The average Bonchev–Trinajstić information content (AvgIpc) is 2.54. The molecule has 0 bridgehead atoms. The van der Waals surface area contributed by atoms with Gasteiger partial charge in [0.25, 0.3) is 0 Å². The molecule has 3 nitrogen and oxygen atoms in total. The van der Waals surface area contributed by atoms with Crippen LogP contribution in [0.15, 0.2) is 79.0 Å². The highest BCUT2D eigenvalue weighted by Crippen LogP contribution is 2.22. The molecule has 0 spiro atoms. The molecule has 0 aliphatic rings. The van der Waals surface area contributed by atoms with Gasteiger partial charge in [-0.3, -0.25) is 0 Å². The lowest BCUT2D eigenvalue weighted by molar-refractivity contribution is 0.268. The quantitative estimate of drug-likeness (QED) is 0.601. The summed E-state index contributed by atoms with van der Waals surface area (Å²) in [5.74, 6) is 1.66. The molecule has 0 atom stereocenters. The molecule has 114 valence electrons. The summed E-state index contributed by atoms with van der Waals surface area (Å²) >= 11 is 0. The van der Waals surface area contributed by atoms with Crippen LogP contribution in [0.3, 0.4) is 0 Å². The smallest absolute Gasteiger partial charge is 0.127 e. The summed E-state index contributed by atoms with van der Waals surface area (Å²) in [4.78, 5) is 0. The number of hydrogen-bond donors (Lipinski definition) is 1. The standard InChI is InChI=1S/C19H22N2O/c1-15(2)16(3)21(20-4)14-17-10-12-19(13-11-17)22-18-8-6-5-7-9-18/h5-13,20H,1,3,14H2,2,4H3. The van der Waals surface area contributed by atoms with Gasteiger partial charge in [0.05, 0.1) is 6.54 Å². The fourth-order valence-electron chi connectivity index (χ4n) is 2.01. The summed E-state index contributed by atoms with van der Waals surface area (Å²) in [6.07, 6.45) is 0. The van der Waals surface area contributed by atoms with E-state index in [2.05, 4.69) is 18.6 Å². The van der Waals surface area contributed by atoms with Crippen LogP contribution in [0, 0.1) is 0 Å². The van der Waals surface area contributed by atoms with E-state index < -0.39 is 0 Å². The maximum Gasteiger partial charge on any atom is 0.127 e. The third kappa shape index (κ3) is 4.24. The van der Waals surface area contributed by atoms with Gasteiger partial charge in [-0.2, -0.15) is 0 Å². The first-order valence-electron chi connectivity index (χ1n) is 7.21. The molecule has 0 aromatic heterocycles. The third-order valence-electron chi connectivity index (χ3n) is 3.33. The number of benzene rings is 2. The van der Waals surface area contributed by atoms with Crippen molar-refractivity contribution in [2.24, 2.45) is 0 Å². The second-order valence-corrected chi connectivity index (χ2v) is 5.10. The number of hydrazine groups is 1. The highest BCUT2D eigenvalue weighted by molar-refractivity contribution is 5.33. The molecular weight excluding hydrogens is 272 g/mol. The molecular formula is C19H22N2O. The van der Waals surface area contributed by atoms with E-state index in [1.54, 1.807) is 0 Å². The van der Waals surface area contributed by atoms with E-state index in [1.807, 2.05) is 73.6 Å². The molecule has 1 N–H and O–H groups in total. The van der Waals surface area contributed by atoms with E-state index in [0.29, 0.717) is 6.54 Å². The Morgan fingerprint density at radius 3 is 2.14 bits per heavy atom. The van der Waals surface area contributed by atoms with E-state index in [4.69, 9.17) is 4.74 Å². The zero-order valence-corrected chi connectivity index (χ0v) is 13.2. The minimum Gasteiger partial charge on any atom is -0.457 e. The van der Waals surface area contributed by atoms with E-state index in [0.717, 1.165) is 28.3 Å². The van der Waals surface area contributed by atoms with Crippen molar-refractivity contribution in [3.05, 3.63) is 84.6 Å². The van der Waals surface area contributed by atoms with Gasteiger partial charge in [-0.1, -0.05) is 43.5 Å². The molecule has 0 fully saturated rings. The number of nitrogens with zero attached hydrogens (tertiary/aromatic N) is 1. The second kappa shape index (κ2) is 7.48. The lowest BCUT2D eigenvalue weighted by atomic mass is 10.2. The molecule has 0 aliphatic heterocycles. The van der Waals surface area contributed by atoms with E-state index >= 15 is 0 Å². The molecule has 0 unspecified atom stereocenters. The van der Waals surface area contributed by atoms with Gasteiger partial charge in [-0.15, -0.1) is 0 Å². The van der Waals surface area contributed by atoms with Crippen LogP contribution < -0.4 is 10.2 Å². The van der Waals surface area contributed by atoms with Crippen molar-refractivity contribution in [1.82, 2.24) is 10.4 Å². The van der Waals surface area contributed by atoms with Crippen LogP contribution in [0.2, 0.25) is 0 Å². The van der Waals surface area contributed by atoms with Crippen molar-refractivity contribution in [2.45, 2.75) is 13.5 Å². The van der Waals surface area contributed by atoms with Crippen LogP contribution in [-0.2, 0) is 6.54 Å². The van der Waals surface area contributed by atoms with Crippen molar-refractivity contribution in [1.29, 1.82) is 0 Å². The topological polar surface area (TPSA) is 24.5 Å². The number of nitrogens with one attached hydrogen (secondary N) is 1. The number of ether oxygens (including phenoxy) is 1. The van der Waals surface area contributed by atoms with Crippen LogP contribution in [0.5, 0.6) is 11.5 Å². The predicted octanol–water partition coefficient (Wildman–Crippen LogP) is 4.51. The van der Waals surface area contributed by atoms with Gasteiger partial charge in [-0.25, -0.2) is 5.43 Å². The minimum absolute atomic E-state index is 0.716. The summed E-state index contributed by atoms with van der Waals surface area (Å²) in [7, 11) is 1.88. The maximum absolute atomic E-state index is 5.79. The zero-order chi connectivity index (χ0) is 15.9. The first-order chi connectivity index (χ1) is 10.6. The van der Waals surface area contributed by atoms with Crippen LogP contribution in [0.25, 0.3) is 0 Å². The molecule has 0 aliphatic carbocycles. The van der Waals surface area contributed by atoms with Gasteiger partial charge in [0.15, 0.2) is 0 Å². The normalized spacial score (nSPS) is 10.1. The zero-order valence-electron chi connectivity index (χ0n) is 13.2. The molecule has 0 radical (unpaired) electrons. The molecule has 2 aromatic carbocycles. The third-order valence-corrected chi connectivity index (χ3v) is 3.33. The Labute approximate surface area is 132 Å². The van der Waals surface area contributed by atoms with Gasteiger partial charge in [0.1, 0.15) is 11.5 Å². The number of para-hydroxylation sites is 1. The first-order valence-corrected chi connectivity index (χ1v) is 7.21. The van der Waals surface area contributed by atoms with Crippen LogP contribution in [-0.4, -0.2) is 12.1 Å². The van der Waals surface area contributed by atoms with Crippen LogP contribution in [0.1, 0.15) is 12.5 Å². The molecule has 2 aromatic rings. The SMILES string of the molecule is C=C(C)C(=C)N(Cc1ccc(Oc2ccccc2)cc1)NC. The molecule has 0 saturated carbocycles. The van der Waals surface area contributed by atoms with Crippen molar-refractivity contribution >= 4 is 0 Å². The second-order valence-electron chi connectivity index (χ2n) is 5.10. The number of hydrogen-bond acceptors (Lipinski definition) is 3. The predicted molar refractivity (Wildman–Crippen MR) is 91.5 cm³/mol. The minimum atomic E-state index is 0.716. The van der Waals surface area contributed by atoms with Gasteiger partial charge in [-0.05, 0) is 42.3 Å². The van der Waals surface area contributed by atoms with Crippen LogP contribution >= 0.6 is 0 Å². The molecule has 22 heavy (non-hydrogen) atoms. The Balaban J connectivity index is 2.02. The Hall–Kier alpha value is -2.52. The highest BCUT2D eigenvalue weighted by atomic mass is 16.5. The molecule has 2 rings (SSSR count). The summed E-state index contributed by atoms with van der Waals surface area (Å²) in [5, 5.41) is 1.97. The van der Waals surface area contributed by atoms with Crippen molar-refractivity contribution < 1.29 is 4.74 Å². The van der Waals surface area contributed by atoms with Gasteiger partial charge in [0.2, 0.25) is 0 Å².